The number of aliphatic hydroxyl groups excluding tert-OH is 1. The second-order valence-electron chi connectivity index (χ2n) is 3.55. The van der Waals surface area contributed by atoms with Crippen molar-refractivity contribution >= 4 is 11.6 Å². The molecule has 0 amide bonds. The number of hydrogen-bond acceptors (Lipinski definition) is 2. The van der Waals surface area contributed by atoms with Crippen molar-refractivity contribution in [3.05, 3.63) is 34.3 Å². The van der Waals surface area contributed by atoms with Gasteiger partial charge in [0.1, 0.15) is 0 Å². The smallest absolute Gasteiger partial charge is 0.0582 e. The molecular formula is C11H16ClNO. The Kier molecular flexibility index (Phi) is 4.39. The van der Waals surface area contributed by atoms with Gasteiger partial charge in [-0.05, 0) is 31.0 Å². The highest BCUT2D eigenvalue weighted by atomic mass is 35.5. The van der Waals surface area contributed by atoms with Gasteiger partial charge in [0.05, 0.1) is 6.61 Å². The molecule has 0 aromatic heterocycles. The summed E-state index contributed by atoms with van der Waals surface area (Å²) in [4.78, 5) is 0. The van der Waals surface area contributed by atoms with Crippen LogP contribution >= 0.6 is 11.6 Å². The molecule has 1 aromatic carbocycles. The highest BCUT2D eigenvalue weighted by Crippen LogP contribution is 2.16. The Morgan fingerprint density at radius 1 is 1.50 bits per heavy atom. The summed E-state index contributed by atoms with van der Waals surface area (Å²) in [6, 6.07) is 6.08. The first-order valence-electron chi connectivity index (χ1n) is 4.72. The summed E-state index contributed by atoms with van der Waals surface area (Å²) < 4.78 is 0. The minimum atomic E-state index is 0.131. The van der Waals surface area contributed by atoms with Gasteiger partial charge in [0, 0.05) is 17.6 Å². The van der Waals surface area contributed by atoms with E-state index >= 15 is 0 Å². The van der Waals surface area contributed by atoms with E-state index in [0.29, 0.717) is 0 Å². The Morgan fingerprint density at radius 2 is 2.21 bits per heavy atom. The topological polar surface area (TPSA) is 32.3 Å². The van der Waals surface area contributed by atoms with Gasteiger partial charge in [-0.15, -0.1) is 0 Å². The molecule has 0 fully saturated rings. The number of nitrogens with one attached hydrogen (secondary N) is 1. The fourth-order valence-corrected chi connectivity index (χ4v) is 1.29. The zero-order chi connectivity index (χ0) is 10.6. The van der Waals surface area contributed by atoms with Gasteiger partial charge < -0.3 is 10.4 Å². The van der Waals surface area contributed by atoms with Crippen molar-refractivity contribution in [2.24, 2.45) is 0 Å². The average molecular weight is 214 g/mol. The molecule has 0 aliphatic carbocycles. The third-order valence-electron chi connectivity index (χ3n) is 2.15. The standard InChI is InChI=1S/C11H16ClNO/c1-8-5-10(3-4-11(8)12)6-13-9(2)7-14/h3-5,9,13-14H,6-7H2,1-2H3/t9-/m1/s1. The Bertz CT molecular complexity index is 301. The van der Waals surface area contributed by atoms with Crippen LogP contribution in [0.15, 0.2) is 18.2 Å². The number of halogens is 1. The second kappa shape index (κ2) is 5.35. The quantitative estimate of drug-likeness (QED) is 0.803. The largest absolute Gasteiger partial charge is 0.395 e. The summed E-state index contributed by atoms with van der Waals surface area (Å²) in [6.07, 6.45) is 0. The monoisotopic (exact) mass is 213 g/mol. The van der Waals surface area contributed by atoms with Gasteiger partial charge in [0.15, 0.2) is 0 Å². The van der Waals surface area contributed by atoms with Crippen molar-refractivity contribution in [1.29, 1.82) is 0 Å². The van der Waals surface area contributed by atoms with Gasteiger partial charge in [0.25, 0.3) is 0 Å². The van der Waals surface area contributed by atoms with E-state index in [4.69, 9.17) is 16.7 Å². The average Bonchev–Trinajstić information content (AvgIpc) is 2.19. The van der Waals surface area contributed by atoms with Crippen LogP contribution in [0, 0.1) is 6.92 Å². The fourth-order valence-electron chi connectivity index (χ4n) is 1.17. The van der Waals surface area contributed by atoms with Crippen LogP contribution < -0.4 is 5.32 Å². The van der Waals surface area contributed by atoms with E-state index in [0.717, 1.165) is 17.1 Å². The molecule has 0 aliphatic heterocycles. The molecule has 0 bridgehead atoms. The molecule has 0 saturated carbocycles. The van der Waals surface area contributed by atoms with E-state index in [1.54, 1.807) is 0 Å². The first-order chi connectivity index (χ1) is 6.63. The van der Waals surface area contributed by atoms with Gasteiger partial charge in [-0.25, -0.2) is 0 Å². The predicted molar refractivity (Wildman–Crippen MR) is 59.6 cm³/mol. The van der Waals surface area contributed by atoms with Crippen molar-refractivity contribution in [3.63, 3.8) is 0 Å². The van der Waals surface area contributed by atoms with E-state index in [1.165, 1.54) is 5.56 Å². The maximum Gasteiger partial charge on any atom is 0.0582 e. The van der Waals surface area contributed by atoms with Gasteiger partial charge in [-0.2, -0.15) is 0 Å². The molecule has 1 atom stereocenters. The third kappa shape index (κ3) is 3.29. The minimum absolute atomic E-state index is 0.131. The van der Waals surface area contributed by atoms with Crippen molar-refractivity contribution < 1.29 is 5.11 Å². The normalized spacial score (nSPS) is 12.9. The summed E-state index contributed by atoms with van der Waals surface area (Å²) in [6.45, 7) is 4.86. The number of aryl methyl sites for hydroxylation is 1. The van der Waals surface area contributed by atoms with Crippen LogP contribution in [-0.4, -0.2) is 17.8 Å². The Labute approximate surface area is 89.9 Å². The molecule has 0 radical (unpaired) electrons. The van der Waals surface area contributed by atoms with Crippen LogP contribution in [-0.2, 0) is 6.54 Å². The van der Waals surface area contributed by atoms with Crippen molar-refractivity contribution in [2.45, 2.75) is 26.4 Å². The molecule has 2 nitrogen and oxygen atoms in total. The summed E-state index contributed by atoms with van der Waals surface area (Å²) in [5.41, 5.74) is 2.27. The molecule has 1 aromatic rings. The molecule has 2 N–H and O–H groups in total. The molecule has 0 unspecified atom stereocenters. The number of aliphatic hydroxyl groups is 1. The summed E-state index contributed by atoms with van der Waals surface area (Å²) in [5.74, 6) is 0. The molecule has 0 saturated heterocycles. The number of benzene rings is 1. The van der Waals surface area contributed by atoms with E-state index < -0.39 is 0 Å². The van der Waals surface area contributed by atoms with Crippen LogP contribution in [0.4, 0.5) is 0 Å². The second-order valence-corrected chi connectivity index (χ2v) is 3.96. The number of hydrogen-bond donors (Lipinski definition) is 2. The van der Waals surface area contributed by atoms with Gasteiger partial charge in [0.2, 0.25) is 0 Å². The highest BCUT2D eigenvalue weighted by Gasteiger charge is 2.00. The molecule has 3 heteroatoms. The zero-order valence-corrected chi connectivity index (χ0v) is 9.30. The zero-order valence-electron chi connectivity index (χ0n) is 8.55. The van der Waals surface area contributed by atoms with Gasteiger partial charge in [-0.1, -0.05) is 23.7 Å². The minimum Gasteiger partial charge on any atom is -0.395 e. The molecular weight excluding hydrogens is 198 g/mol. The van der Waals surface area contributed by atoms with Crippen LogP contribution in [0.25, 0.3) is 0 Å². The van der Waals surface area contributed by atoms with Crippen LogP contribution in [0.5, 0.6) is 0 Å². The lowest BCUT2D eigenvalue weighted by Crippen LogP contribution is -2.28. The SMILES string of the molecule is Cc1cc(CN[C@H](C)CO)ccc1Cl. The maximum absolute atomic E-state index is 8.83. The van der Waals surface area contributed by atoms with E-state index in [9.17, 15) is 0 Å². The first-order valence-corrected chi connectivity index (χ1v) is 5.10. The van der Waals surface area contributed by atoms with Crippen LogP contribution in [0.1, 0.15) is 18.1 Å². The van der Waals surface area contributed by atoms with Crippen molar-refractivity contribution in [1.82, 2.24) is 5.32 Å². The van der Waals surface area contributed by atoms with Crippen LogP contribution in [0.3, 0.4) is 0 Å². The predicted octanol–water partition coefficient (Wildman–Crippen LogP) is 2.12. The van der Waals surface area contributed by atoms with E-state index in [1.807, 2.05) is 26.0 Å². The molecule has 0 spiro atoms. The molecule has 14 heavy (non-hydrogen) atoms. The Morgan fingerprint density at radius 3 is 2.79 bits per heavy atom. The van der Waals surface area contributed by atoms with E-state index in [2.05, 4.69) is 11.4 Å². The maximum atomic E-state index is 8.83. The molecule has 0 heterocycles. The number of rotatable bonds is 4. The summed E-state index contributed by atoms with van der Waals surface area (Å²) in [5, 5.41) is 12.8. The van der Waals surface area contributed by atoms with Crippen molar-refractivity contribution in [2.75, 3.05) is 6.61 Å². The van der Waals surface area contributed by atoms with Crippen LogP contribution in [0.2, 0.25) is 5.02 Å². The fraction of sp³-hybridized carbons (Fsp3) is 0.455. The Balaban J connectivity index is 2.55. The summed E-state index contributed by atoms with van der Waals surface area (Å²) >= 11 is 5.91. The molecule has 1 rings (SSSR count). The molecule has 0 aliphatic rings. The third-order valence-corrected chi connectivity index (χ3v) is 2.57. The molecule has 78 valence electrons. The lowest BCUT2D eigenvalue weighted by Gasteiger charge is -2.11. The van der Waals surface area contributed by atoms with Crippen molar-refractivity contribution in [3.8, 4) is 0 Å². The first kappa shape index (κ1) is 11.5. The van der Waals surface area contributed by atoms with Gasteiger partial charge >= 0.3 is 0 Å². The van der Waals surface area contributed by atoms with E-state index in [-0.39, 0.29) is 12.6 Å². The Hall–Kier alpha value is -0.570. The lowest BCUT2D eigenvalue weighted by molar-refractivity contribution is 0.251. The summed E-state index contributed by atoms with van der Waals surface area (Å²) in [7, 11) is 0. The van der Waals surface area contributed by atoms with Gasteiger partial charge in [-0.3, -0.25) is 0 Å². The highest BCUT2D eigenvalue weighted by molar-refractivity contribution is 6.31. The lowest BCUT2D eigenvalue weighted by atomic mass is 10.1.